The number of phenols is 2. The molecule has 0 atom stereocenters. The van der Waals surface area contributed by atoms with Crippen molar-refractivity contribution in [1.29, 1.82) is 0 Å². The van der Waals surface area contributed by atoms with Crippen molar-refractivity contribution in [3.05, 3.63) is 77.3 Å². The molecular formula is C22H16N4O2S. The van der Waals surface area contributed by atoms with Gasteiger partial charge in [-0.2, -0.15) is 0 Å². The van der Waals surface area contributed by atoms with Crippen LogP contribution < -0.4 is 0 Å². The van der Waals surface area contributed by atoms with Gasteiger partial charge in [0, 0.05) is 39.7 Å². The highest BCUT2D eigenvalue weighted by Gasteiger charge is 2.12. The maximum absolute atomic E-state index is 9.86. The summed E-state index contributed by atoms with van der Waals surface area (Å²) in [5.41, 5.74) is 2.81. The highest BCUT2D eigenvalue weighted by molar-refractivity contribution is 7.14. The fourth-order valence-corrected chi connectivity index (χ4v) is 4.11. The predicted octanol–water partition coefficient (Wildman–Crippen LogP) is 4.86. The Balaban J connectivity index is 1.47. The molecule has 0 radical (unpaired) electrons. The first-order valence-corrected chi connectivity index (χ1v) is 9.85. The molecule has 0 aliphatic carbocycles. The third kappa shape index (κ3) is 3.21. The number of benzene rings is 3. The first-order valence-electron chi connectivity index (χ1n) is 9.03. The Hall–Kier alpha value is -3.71. The monoisotopic (exact) mass is 400 g/mol. The Kier molecular flexibility index (Phi) is 4.22. The van der Waals surface area contributed by atoms with E-state index in [1.807, 2.05) is 12.1 Å². The molecule has 2 heterocycles. The molecule has 0 bridgehead atoms. The van der Waals surface area contributed by atoms with Crippen LogP contribution in [0.3, 0.4) is 0 Å². The SMILES string of the molecule is Oc1ccc(/C=N/c2nnc(Cn3c4ccccc4c4ccccc43)s2)c(O)c1. The van der Waals surface area contributed by atoms with Gasteiger partial charge in [0.2, 0.25) is 5.13 Å². The van der Waals surface area contributed by atoms with Crippen molar-refractivity contribution < 1.29 is 10.2 Å². The molecule has 2 N–H and O–H groups in total. The van der Waals surface area contributed by atoms with Gasteiger partial charge >= 0.3 is 0 Å². The number of nitrogens with zero attached hydrogens (tertiary/aromatic N) is 4. The van der Waals surface area contributed by atoms with Crippen LogP contribution >= 0.6 is 11.3 Å². The molecule has 29 heavy (non-hydrogen) atoms. The van der Waals surface area contributed by atoms with E-state index in [4.69, 9.17) is 0 Å². The van der Waals surface area contributed by atoms with E-state index < -0.39 is 0 Å². The average Bonchev–Trinajstić information content (AvgIpc) is 3.31. The molecule has 0 unspecified atom stereocenters. The van der Waals surface area contributed by atoms with Crippen molar-refractivity contribution in [3.8, 4) is 11.5 Å². The van der Waals surface area contributed by atoms with Crippen LogP contribution in [0.15, 0.2) is 71.7 Å². The lowest BCUT2D eigenvalue weighted by atomic mass is 10.2. The Bertz CT molecular complexity index is 1320. The Morgan fingerprint density at radius 3 is 2.28 bits per heavy atom. The van der Waals surface area contributed by atoms with Crippen molar-refractivity contribution in [2.45, 2.75) is 6.54 Å². The summed E-state index contributed by atoms with van der Waals surface area (Å²) in [4.78, 5) is 4.31. The molecule has 0 aliphatic rings. The van der Waals surface area contributed by atoms with Crippen LogP contribution in [-0.2, 0) is 6.54 Å². The van der Waals surface area contributed by atoms with Crippen LogP contribution in [0.5, 0.6) is 11.5 Å². The number of aliphatic imine (C=N–C) groups is 1. The van der Waals surface area contributed by atoms with E-state index in [9.17, 15) is 10.2 Å². The molecule has 0 amide bonds. The minimum atomic E-state index is -0.0382. The number of hydrogen-bond acceptors (Lipinski definition) is 6. The minimum Gasteiger partial charge on any atom is -0.508 e. The molecule has 0 aliphatic heterocycles. The molecule has 0 saturated carbocycles. The Morgan fingerprint density at radius 2 is 1.59 bits per heavy atom. The van der Waals surface area contributed by atoms with Gasteiger partial charge in [-0.15, -0.1) is 10.2 Å². The number of aromatic hydroxyl groups is 2. The zero-order chi connectivity index (χ0) is 19.8. The Morgan fingerprint density at radius 1 is 0.897 bits per heavy atom. The van der Waals surface area contributed by atoms with Crippen molar-refractivity contribution in [1.82, 2.24) is 14.8 Å². The maximum atomic E-state index is 9.86. The van der Waals surface area contributed by atoms with Gasteiger partial charge < -0.3 is 14.8 Å². The van der Waals surface area contributed by atoms with Crippen molar-refractivity contribution >= 4 is 44.5 Å². The van der Waals surface area contributed by atoms with Gasteiger partial charge in [-0.05, 0) is 24.3 Å². The van der Waals surface area contributed by atoms with E-state index in [0.29, 0.717) is 17.2 Å². The zero-order valence-corrected chi connectivity index (χ0v) is 16.0. The molecule has 5 aromatic rings. The number of aromatic nitrogens is 3. The topological polar surface area (TPSA) is 83.5 Å². The standard InChI is InChI=1S/C22H16N4O2S/c27-15-10-9-14(20(28)11-15)12-23-22-25-24-21(29-22)13-26-18-7-3-1-5-16(18)17-6-2-4-8-19(17)26/h1-12,27-28H,13H2/b23-12+. The molecule has 0 spiro atoms. The molecule has 7 heteroatoms. The molecule has 2 aromatic heterocycles. The molecular weight excluding hydrogens is 384 g/mol. The molecule has 3 aromatic carbocycles. The van der Waals surface area contributed by atoms with E-state index in [1.54, 1.807) is 6.07 Å². The summed E-state index contributed by atoms with van der Waals surface area (Å²) in [5, 5.41) is 31.4. The van der Waals surface area contributed by atoms with E-state index in [2.05, 4.69) is 56.2 Å². The van der Waals surface area contributed by atoms with E-state index in [0.717, 1.165) is 16.0 Å². The summed E-state index contributed by atoms with van der Waals surface area (Å²) in [6.45, 7) is 0.603. The fraction of sp³-hybridized carbons (Fsp3) is 0.0455. The molecule has 0 saturated heterocycles. The molecule has 6 nitrogen and oxygen atoms in total. The second kappa shape index (κ2) is 7.03. The summed E-state index contributed by atoms with van der Waals surface area (Å²) in [5.74, 6) is -0.0344. The lowest BCUT2D eigenvalue weighted by molar-refractivity contribution is 0.450. The summed E-state index contributed by atoms with van der Waals surface area (Å²) < 4.78 is 2.24. The van der Waals surface area contributed by atoms with Crippen molar-refractivity contribution in [2.75, 3.05) is 0 Å². The van der Waals surface area contributed by atoms with Crippen LogP contribution in [-0.4, -0.2) is 31.2 Å². The van der Waals surface area contributed by atoms with Gasteiger partial charge in [0.05, 0.1) is 6.54 Å². The smallest absolute Gasteiger partial charge is 0.231 e. The molecule has 5 rings (SSSR count). The van der Waals surface area contributed by atoms with Gasteiger partial charge in [0.1, 0.15) is 16.5 Å². The minimum absolute atomic E-state index is 0.00373. The zero-order valence-electron chi connectivity index (χ0n) is 15.2. The number of rotatable bonds is 4. The number of hydrogen-bond donors (Lipinski definition) is 2. The van der Waals surface area contributed by atoms with E-state index >= 15 is 0 Å². The largest absolute Gasteiger partial charge is 0.508 e. The fourth-order valence-electron chi connectivity index (χ4n) is 3.44. The molecule has 142 valence electrons. The second-order valence-corrected chi connectivity index (χ2v) is 7.64. The highest BCUT2D eigenvalue weighted by atomic mass is 32.1. The number of phenolic OH excluding ortho intramolecular Hbond substituents is 2. The van der Waals surface area contributed by atoms with Crippen LogP contribution in [0.1, 0.15) is 10.6 Å². The van der Waals surface area contributed by atoms with Gasteiger partial charge in [-0.25, -0.2) is 4.99 Å². The molecule has 0 fully saturated rings. The Labute approximate surface area is 170 Å². The normalized spacial score (nSPS) is 11.7. The highest BCUT2D eigenvalue weighted by Crippen LogP contribution is 2.30. The van der Waals surface area contributed by atoms with Gasteiger partial charge in [-0.3, -0.25) is 0 Å². The van der Waals surface area contributed by atoms with Crippen LogP contribution in [0.2, 0.25) is 0 Å². The van der Waals surface area contributed by atoms with Crippen LogP contribution in [0.4, 0.5) is 5.13 Å². The third-order valence-corrected chi connectivity index (χ3v) is 5.57. The summed E-state index contributed by atoms with van der Waals surface area (Å²) in [6, 6.07) is 21.0. The average molecular weight is 400 g/mol. The van der Waals surface area contributed by atoms with E-state index in [1.165, 1.54) is 40.5 Å². The van der Waals surface area contributed by atoms with E-state index in [-0.39, 0.29) is 11.5 Å². The first-order chi connectivity index (χ1) is 14.2. The predicted molar refractivity (Wildman–Crippen MR) is 115 cm³/mol. The summed E-state index contributed by atoms with van der Waals surface area (Å²) >= 11 is 1.40. The third-order valence-electron chi connectivity index (χ3n) is 4.76. The lowest BCUT2D eigenvalue weighted by Gasteiger charge is -2.04. The number of para-hydroxylation sites is 2. The van der Waals surface area contributed by atoms with Gasteiger partial charge in [0.25, 0.3) is 0 Å². The van der Waals surface area contributed by atoms with Gasteiger partial charge in [-0.1, -0.05) is 47.7 Å². The van der Waals surface area contributed by atoms with Gasteiger partial charge in [0.15, 0.2) is 0 Å². The van der Waals surface area contributed by atoms with Crippen LogP contribution in [0.25, 0.3) is 21.8 Å². The summed E-state index contributed by atoms with van der Waals surface area (Å²) in [6.07, 6.45) is 1.51. The van der Waals surface area contributed by atoms with Crippen molar-refractivity contribution in [3.63, 3.8) is 0 Å². The quantitative estimate of drug-likeness (QED) is 0.422. The maximum Gasteiger partial charge on any atom is 0.231 e. The van der Waals surface area contributed by atoms with Crippen LogP contribution in [0, 0.1) is 0 Å². The summed E-state index contributed by atoms with van der Waals surface area (Å²) in [7, 11) is 0. The van der Waals surface area contributed by atoms with Crippen molar-refractivity contribution in [2.24, 2.45) is 4.99 Å². The number of fused-ring (bicyclic) bond motifs is 3. The first kappa shape index (κ1) is 17.4. The lowest BCUT2D eigenvalue weighted by Crippen LogP contribution is -1.98. The second-order valence-electron chi connectivity index (χ2n) is 6.60.